The standard InChI is InChI=1S/C14H19NO2S/c1-11-4-9-18-12(11)2-3-13(17)15-10-14(5-6-14)7-8-16/h2-4,9,16H,5-8,10H2,1H3,(H,15,17)/b3-2+. The molecule has 1 fully saturated rings. The molecule has 4 heteroatoms. The lowest BCUT2D eigenvalue weighted by Gasteiger charge is -2.13. The number of thiophene rings is 1. The molecule has 0 saturated heterocycles. The van der Waals surface area contributed by atoms with Crippen molar-refractivity contribution in [3.8, 4) is 0 Å². The van der Waals surface area contributed by atoms with E-state index >= 15 is 0 Å². The second-order valence-electron chi connectivity index (χ2n) is 4.99. The van der Waals surface area contributed by atoms with E-state index < -0.39 is 0 Å². The Kier molecular flexibility index (Phi) is 4.19. The Morgan fingerprint density at radius 1 is 1.61 bits per heavy atom. The van der Waals surface area contributed by atoms with Crippen molar-refractivity contribution in [2.45, 2.75) is 26.2 Å². The summed E-state index contributed by atoms with van der Waals surface area (Å²) >= 11 is 1.64. The number of hydrogen-bond acceptors (Lipinski definition) is 3. The third kappa shape index (κ3) is 3.43. The number of amides is 1. The molecule has 0 bridgehead atoms. The Hall–Kier alpha value is -1.13. The minimum atomic E-state index is -0.0491. The molecule has 1 aromatic rings. The molecule has 2 rings (SSSR count). The van der Waals surface area contributed by atoms with Crippen LogP contribution in [0.15, 0.2) is 17.5 Å². The SMILES string of the molecule is Cc1ccsc1/C=C/C(=O)NCC1(CCO)CC1. The molecule has 0 unspecified atom stereocenters. The first-order valence-corrected chi connectivity index (χ1v) is 7.14. The fraction of sp³-hybridized carbons (Fsp3) is 0.500. The summed E-state index contributed by atoms with van der Waals surface area (Å²) in [6, 6.07) is 2.04. The molecule has 0 aromatic carbocycles. The second-order valence-corrected chi connectivity index (χ2v) is 5.94. The van der Waals surface area contributed by atoms with E-state index in [1.165, 1.54) is 5.56 Å². The molecule has 2 N–H and O–H groups in total. The topological polar surface area (TPSA) is 49.3 Å². The van der Waals surface area contributed by atoms with Gasteiger partial charge in [-0.05, 0) is 54.7 Å². The number of nitrogens with one attached hydrogen (secondary N) is 1. The monoisotopic (exact) mass is 265 g/mol. The Labute approximate surface area is 112 Å². The zero-order valence-electron chi connectivity index (χ0n) is 10.6. The van der Waals surface area contributed by atoms with E-state index in [0.29, 0.717) is 6.54 Å². The van der Waals surface area contributed by atoms with Crippen LogP contribution in [0, 0.1) is 12.3 Å². The van der Waals surface area contributed by atoms with Crippen LogP contribution in [0.25, 0.3) is 6.08 Å². The van der Waals surface area contributed by atoms with Crippen LogP contribution < -0.4 is 5.32 Å². The van der Waals surface area contributed by atoms with E-state index in [1.807, 2.05) is 24.4 Å². The van der Waals surface area contributed by atoms with Gasteiger partial charge >= 0.3 is 0 Å². The summed E-state index contributed by atoms with van der Waals surface area (Å²) in [5.41, 5.74) is 1.37. The minimum Gasteiger partial charge on any atom is -0.396 e. The molecule has 1 aromatic heterocycles. The van der Waals surface area contributed by atoms with E-state index in [1.54, 1.807) is 17.4 Å². The first-order valence-electron chi connectivity index (χ1n) is 6.26. The Morgan fingerprint density at radius 2 is 2.39 bits per heavy atom. The number of carbonyl (C=O) groups excluding carboxylic acids is 1. The molecule has 98 valence electrons. The molecule has 0 radical (unpaired) electrons. The normalized spacial score (nSPS) is 17.0. The van der Waals surface area contributed by atoms with Crippen molar-refractivity contribution in [2.75, 3.05) is 13.2 Å². The fourth-order valence-electron chi connectivity index (χ4n) is 1.97. The summed E-state index contributed by atoms with van der Waals surface area (Å²) < 4.78 is 0. The number of hydrogen-bond donors (Lipinski definition) is 2. The van der Waals surface area contributed by atoms with Crippen LogP contribution in [-0.2, 0) is 4.79 Å². The number of aliphatic hydroxyl groups excluding tert-OH is 1. The summed E-state index contributed by atoms with van der Waals surface area (Å²) in [7, 11) is 0. The average Bonchev–Trinajstić information content (AvgIpc) is 3.00. The fourth-order valence-corrected chi connectivity index (χ4v) is 2.79. The first-order chi connectivity index (χ1) is 8.65. The van der Waals surface area contributed by atoms with E-state index in [0.717, 1.165) is 24.1 Å². The summed E-state index contributed by atoms with van der Waals surface area (Å²) in [6.45, 7) is 2.93. The Bertz CT molecular complexity index is 446. The van der Waals surface area contributed by atoms with Crippen molar-refractivity contribution in [3.05, 3.63) is 28.0 Å². The molecule has 1 saturated carbocycles. The number of rotatable bonds is 6. The summed E-state index contributed by atoms with van der Waals surface area (Å²) in [5.74, 6) is -0.0491. The number of aliphatic hydroxyl groups is 1. The maximum Gasteiger partial charge on any atom is 0.244 e. The molecule has 1 heterocycles. The van der Waals surface area contributed by atoms with Gasteiger partial charge in [0.05, 0.1) is 0 Å². The van der Waals surface area contributed by atoms with E-state index in [4.69, 9.17) is 5.11 Å². The van der Waals surface area contributed by atoms with Gasteiger partial charge in [0.1, 0.15) is 0 Å². The van der Waals surface area contributed by atoms with Crippen molar-refractivity contribution >= 4 is 23.3 Å². The van der Waals surface area contributed by atoms with Crippen LogP contribution in [0.2, 0.25) is 0 Å². The van der Waals surface area contributed by atoms with Gasteiger partial charge in [0.2, 0.25) is 5.91 Å². The molecule has 0 aliphatic heterocycles. The van der Waals surface area contributed by atoms with Gasteiger partial charge in [0.15, 0.2) is 0 Å². The summed E-state index contributed by atoms with van der Waals surface area (Å²) in [6.07, 6.45) is 6.47. The third-order valence-corrected chi connectivity index (χ3v) is 4.51. The van der Waals surface area contributed by atoms with Gasteiger partial charge < -0.3 is 10.4 Å². The second kappa shape index (κ2) is 5.67. The van der Waals surface area contributed by atoms with Crippen LogP contribution >= 0.6 is 11.3 Å². The quantitative estimate of drug-likeness (QED) is 0.776. The lowest BCUT2D eigenvalue weighted by atomic mass is 10.0. The zero-order chi connectivity index (χ0) is 13.0. The average molecular weight is 265 g/mol. The smallest absolute Gasteiger partial charge is 0.244 e. The highest BCUT2D eigenvalue weighted by Gasteiger charge is 2.41. The van der Waals surface area contributed by atoms with Crippen LogP contribution in [-0.4, -0.2) is 24.2 Å². The van der Waals surface area contributed by atoms with Gasteiger partial charge in [-0.2, -0.15) is 0 Å². The van der Waals surface area contributed by atoms with Crippen molar-refractivity contribution in [2.24, 2.45) is 5.41 Å². The number of aryl methyl sites for hydroxylation is 1. The van der Waals surface area contributed by atoms with Crippen LogP contribution in [0.4, 0.5) is 0 Å². The molecule has 1 aliphatic carbocycles. The molecule has 0 atom stereocenters. The lowest BCUT2D eigenvalue weighted by molar-refractivity contribution is -0.116. The van der Waals surface area contributed by atoms with Crippen LogP contribution in [0.5, 0.6) is 0 Å². The van der Waals surface area contributed by atoms with E-state index in [-0.39, 0.29) is 17.9 Å². The predicted octanol–water partition coefficient (Wildman–Crippen LogP) is 2.35. The van der Waals surface area contributed by atoms with Gasteiger partial charge in [-0.25, -0.2) is 0 Å². The largest absolute Gasteiger partial charge is 0.396 e. The molecule has 18 heavy (non-hydrogen) atoms. The molecular formula is C14H19NO2S. The van der Waals surface area contributed by atoms with Gasteiger partial charge in [-0.3, -0.25) is 4.79 Å². The van der Waals surface area contributed by atoms with E-state index in [9.17, 15) is 4.79 Å². The maximum atomic E-state index is 11.7. The van der Waals surface area contributed by atoms with Gasteiger partial charge in [-0.1, -0.05) is 0 Å². The molecular weight excluding hydrogens is 246 g/mol. The summed E-state index contributed by atoms with van der Waals surface area (Å²) in [4.78, 5) is 12.8. The van der Waals surface area contributed by atoms with Crippen molar-refractivity contribution in [3.63, 3.8) is 0 Å². The third-order valence-electron chi connectivity index (χ3n) is 3.52. The van der Waals surface area contributed by atoms with Crippen LogP contribution in [0.3, 0.4) is 0 Å². The minimum absolute atomic E-state index is 0.0491. The molecule has 0 spiro atoms. The molecule has 1 aliphatic rings. The zero-order valence-corrected chi connectivity index (χ0v) is 11.4. The first kappa shape index (κ1) is 13.3. The number of carbonyl (C=O) groups is 1. The highest BCUT2D eigenvalue weighted by Crippen LogP contribution is 2.47. The predicted molar refractivity (Wildman–Crippen MR) is 74.5 cm³/mol. The molecule has 3 nitrogen and oxygen atoms in total. The van der Waals surface area contributed by atoms with Crippen molar-refractivity contribution in [1.29, 1.82) is 0 Å². The van der Waals surface area contributed by atoms with Gasteiger partial charge in [0, 0.05) is 24.1 Å². The van der Waals surface area contributed by atoms with Gasteiger partial charge in [0.25, 0.3) is 0 Å². The van der Waals surface area contributed by atoms with Crippen molar-refractivity contribution in [1.82, 2.24) is 5.32 Å². The summed E-state index contributed by atoms with van der Waals surface area (Å²) in [5, 5.41) is 13.9. The van der Waals surface area contributed by atoms with Crippen molar-refractivity contribution < 1.29 is 9.90 Å². The van der Waals surface area contributed by atoms with Gasteiger partial charge in [-0.15, -0.1) is 11.3 Å². The van der Waals surface area contributed by atoms with Crippen LogP contribution in [0.1, 0.15) is 29.7 Å². The Morgan fingerprint density at radius 3 is 2.94 bits per heavy atom. The molecule has 1 amide bonds. The Balaban J connectivity index is 1.79. The maximum absolute atomic E-state index is 11.7. The highest BCUT2D eigenvalue weighted by atomic mass is 32.1. The van der Waals surface area contributed by atoms with E-state index in [2.05, 4.69) is 5.32 Å². The lowest BCUT2D eigenvalue weighted by Crippen LogP contribution is -2.29. The highest BCUT2D eigenvalue weighted by molar-refractivity contribution is 7.11.